The minimum Gasteiger partial charge on any atom is -0.340 e. The summed E-state index contributed by atoms with van der Waals surface area (Å²) in [4.78, 5) is 11.2. The number of nitrogens with zero attached hydrogens (tertiary/aromatic N) is 3. The first-order valence-electron chi connectivity index (χ1n) is 6.28. The average molecular weight is 234 g/mol. The van der Waals surface area contributed by atoms with E-state index in [9.17, 15) is 0 Å². The van der Waals surface area contributed by atoms with Gasteiger partial charge in [0.05, 0.1) is 0 Å². The Hall–Kier alpha value is -1.16. The molecule has 1 saturated heterocycles. The lowest BCUT2D eigenvalue weighted by atomic mass is 9.89. The third-order valence-electron chi connectivity index (χ3n) is 3.41. The summed E-state index contributed by atoms with van der Waals surface area (Å²) in [7, 11) is 0. The Morgan fingerprint density at radius 3 is 2.47 bits per heavy atom. The highest BCUT2D eigenvalue weighted by molar-refractivity contribution is 5.32. The largest absolute Gasteiger partial charge is 0.340 e. The van der Waals surface area contributed by atoms with Gasteiger partial charge in [-0.15, -0.1) is 0 Å². The zero-order valence-corrected chi connectivity index (χ0v) is 11.0. The molecule has 0 amide bonds. The first kappa shape index (κ1) is 12.3. The minimum absolute atomic E-state index is 0.114. The van der Waals surface area contributed by atoms with Gasteiger partial charge in [0.15, 0.2) is 0 Å². The number of rotatable bonds is 2. The van der Waals surface area contributed by atoms with Gasteiger partial charge in [0, 0.05) is 25.5 Å². The van der Waals surface area contributed by atoms with Crippen LogP contribution in [0.25, 0.3) is 0 Å². The second-order valence-electron chi connectivity index (χ2n) is 5.86. The van der Waals surface area contributed by atoms with Crippen LogP contribution in [0.5, 0.6) is 0 Å². The predicted octanol–water partition coefficient (Wildman–Crippen LogP) is 1.56. The van der Waals surface area contributed by atoms with Crippen LogP contribution in [0.2, 0.25) is 0 Å². The molecular formula is C13H22N4. The van der Waals surface area contributed by atoms with E-state index in [0.717, 1.165) is 32.0 Å². The Kier molecular flexibility index (Phi) is 3.33. The number of hydrogen-bond acceptors (Lipinski definition) is 4. The van der Waals surface area contributed by atoms with Gasteiger partial charge in [-0.2, -0.15) is 0 Å². The topological polar surface area (TPSA) is 55.0 Å². The summed E-state index contributed by atoms with van der Waals surface area (Å²) in [6.45, 7) is 9.29. The van der Waals surface area contributed by atoms with Crippen molar-refractivity contribution in [3.63, 3.8) is 0 Å². The van der Waals surface area contributed by atoms with Gasteiger partial charge >= 0.3 is 0 Å². The minimum atomic E-state index is 0.114. The van der Waals surface area contributed by atoms with Crippen LogP contribution in [-0.2, 0) is 5.41 Å². The second kappa shape index (κ2) is 4.61. The molecule has 0 aliphatic carbocycles. The maximum atomic E-state index is 5.69. The monoisotopic (exact) mass is 234 g/mol. The summed E-state index contributed by atoms with van der Waals surface area (Å²) in [5.74, 6) is 1.44. The molecule has 1 aromatic rings. The maximum absolute atomic E-state index is 5.69. The van der Waals surface area contributed by atoms with E-state index < -0.39 is 0 Å². The van der Waals surface area contributed by atoms with Crippen molar-refractivity contribution in [3.8, 4) is 0 Å². The van der Waals surface area contributed by atoms with Gasteiger partial charge in [0.1, 0.15) is 0 Å². The van der Waals surface area contributed by atoms with Crippen molar-refractivity contribution in [1.82, 2.24) is 9.97 Å². The molecule has 2 heterocycles. The first-order chi connectivity index (χ1) is 8.00. The van der Waals surface area contributed by atoms with Crippen LogP contribution in [0.15, 0.2) is 12.4 Å². The summed E-state index contributed by atoms with van der Waals surface area (Å²) < 4.78 is 0. The van der Waals surface area contributed by atoms with Crippen molar-refractivity contribution in [2.45, 2.75) is 32.6 Å². The van der Waals surface area contributed by atoms with Crippen molar-refractivity contribution >= 4 is 5.95 Å². The van der Waals surface area contributed by atoms with Crippen molar-refractivity contribution in [2.75, 3.05) is 24.5 Å². The van der Waals surface area contributed by atoms with Crippen LogP contribution in [-0.4, -0.2) is 29.6 Å². The van der Waals surface area contributed by atoms with Gasteiger partial charge in [-0.25, -0.2) is 9.97 Å². The molecule has 1 aliphatic rings. The Labute approximate surface area is 103 Å². The van der Waals surface area contributed by atoms with E-state index in [2.05, 4.69) is 35.6 Å². The van der Waals surface area contributed by atoms with Crippen LogP contribution in [0.1, 0.15) is 32.8 Å². The van der Waals surface area contributed by atoms with Gasteiger partial charge in [0.2, 0.25) is 5.95 Å². The first-order valence-corrected chi connectivity index (χ1v) is 6.28. The van der Waals surface area contributed by atoms with Crippen molar-refractivity contribution in [2.24, 2.45) is 11.7 Å². The molecule has 0 radical (unpaired) electrons. The van der Waals surface area contributed by atoms with Crippen LogP contribution >= 0.6 is 0 Å². The Morgan fingerprint density at radius 1 is 1.35 bits per heavy atom. The molecular weight excluding hydrogens is 212 g/mol. The standard InChI is InChI=1S/C13H22N4/c1-13(2,3)11-7-15-12(16-8-11)17-5-4-10(6-14)9-17/h7-8,10H,4-6,9,14H2,1-3H3. The molecule has 94 valence electrons. The molecule has 1 unspecified atom stereocenters. The lowest BCUT2D eigenvalue weighted by molar-refractivity contribution is 0.582. The SMILES string of the molecule is CC(C)(C)c1cnc(N2CCC(CN)C2)nc1. The van der Waals surface area contributed by atoms with Gasteiger partial charge in [-0.1, -0.05) is 20.8 Å². The van der Waals surface area contributed by atoms with Gasteiger partial charge in [-0.3, -0.25) is 0 Å². The molecule has 0 saturated carbocycles. The zero-order chi connectivity index (χ0) is 12.5. The highest BCUT2D eigenvalue weighted by Crippen LogP contribution is 2.23. The van der Waals surface area contributed by atoms with Crippen LogP contribution in [0.4, 0.5) is 5.95 Å². The summed E-state index contributed by atoms with van der Waals surface area (Å²) in [6.07, 6.45) is 5.04. The highest BCUT2D eigenvalue weighted by atomic mass is 15.3. The average Bonchev–Trinajstić information content (AvgIpc) is 2.76. The van der Waals surface area contributed by atoms with Crippen LogP contribution < -0.4 is 10.6 Å². The Bertz CT molecular complexity index is 366. The predicted molar refractivity (Wildman–Crippen MR) is 70.1 cm³/mol. The molecule has 2 N–H and O–H groups in total. The molecule has 4 heteroatoms. The fourth-order valence-electron chi connectivity index (χ4n) is 2.08. The quantitative estimate of drug-likeness (QED) is 0.843. The van der Waals surface area contributed by atoms with Crippen molar-refractivity contribution < 1.29 is 0 Å². The van der Waals surface area contributed by atoms with E-state index in [1.807, 2.05) is 12.4 Å². The molecule has 0 aromatic carbocycles. The summed E-state index contributed by atoms with van der Waals surface area (Å²) in [5.41, 5.74) is 6.98. The van der Waals surface area contributed by atoms with Crippen LogP contribution in [0.3, 0.4) is 0 Å². The third kappa shape index (κ3) is 2.75. The van der Waals surface area contributed by atoms with Gasteiger partial charge < -0.3 is 10.6 Å². The second-order valence-corrected chi connectivity index (χ2v) is 5.86. The van der Waals surface area contributed by atoms with E-state index in [-0.39, 0.29) is 5.41 Å². The molecule has 1 aliphatic heterocycles. The van der Waals surface area contributed by atoms with E-state index >= 15 is 0 Å². The highest BCUT2D eigenvalue weighted by Gasteiger charge is 2.23. The molecule has 0 bridgehead atoms. The van der Waals surface area contributed by atoms with Crippen molar-refractivity contribution in [1.29, 1.82) is 0 Å². The molecule has 1 fully saturated rings. The lowest BCUT2D eigenvalue weighted by Crippen LogP contribution is -2.24. The summed E-state index contributed by atoms with van der Waals surface area (Å²) in [6, 6.07) is 0. The smallest absolute Gasteiger partial charge is 0.225 e. The van der Waals surface area contributed by atoms with Gasteiger partial charge in [0.25, 0.3) is 0 Å². The molecule has 2 rings (SSSR count). The Morgan fingerprint density at radius 2 is 2.00 bits per heavy atom. The molecule has 1 atom stereocenters. The van der Waals surface area contributed by atoms with Crippen molar-refractivity contribution in [3.05, 3.63) is 18.0 Å². The van der Waals surface area contributed by atoms with E-state index in [1.54, 1.807) is 0 Å². The Balaban J connectivity index is 2.09. The molecule has 17 heavy (non-hydrogen) atoms. The zero-order valence-electron chi connectivity index (χ0n) is 11.0. The molecule has 4 nitrogen and oxygen atoms in total. The van der Waals surface area contributed by atoms with E-state index in [0.29, 0.717) is 5.92 Å². The number of aromatic nitrogens is 2. The summed E-state index contributed by atoms with van der Waals surface area (Å²) >= 11 is 0. The lowest BCUT2D eigenvalue weighted by Gasteiger charge is -2.20. The van der Waals surface area contributed by atoms with E-state index in [1.165, 1.54) is 5.56 Å². The molecule has 0 spiro atoms. The van der Waals surface area contributed by atoms with Crippen LogP contribution in [0, 0.1) is 5.92 Å². The van der Waals surface area contributed by atoms with E-state index in [4.69, 9.17) is 5.73 Å². The summed E-state index contributed by atoms with van der Waals surface area (Å²) in [5, 5.41) is 0. The van der Waals surface area contributed by atoms with Gasteiger partial charge in [-0.05, 0) is 29.9 Å². The normalized spacial score (nSPS) is 20.9. The number of hydrogen-bond donors (Lipinski definition) is 1. The number of nitrogens with two attached hydrogens (primary N) is 1. The third-order valence-corrected chi connectivity index (χ3v) is 3.41. The molecule has 1 aromatic heterocycles. The number of anilines is 1. The fourth-order valence-corrected chi connectivity index (χ4v) is 2.08. The maximum Gasteiger partial charge on any atom is 0.225 e. The fraction of sp³-hybridized carbons (Fsp3) is 0.692.